The van der Waals surface area contributed by atoms with Crippen LogP contribution in [0.3, 0.4) is 0 Å². The molecule has 0 aromatic heterocycles. The molecule has 0 nitrogen and oxygen atoms in total. The van der Waals surface area contributed by atoms with Crippen molar-refractivity contribution in [3.63, 3.8) is 0 Å². The maximum atomic E-state index is 2.46. The van der Waals surface area contributed by atoms with Gasteiger partial charge in [0.1, 0.15) is 0 Å². The molecule has 2 aliphatic rings. The van der Waals surface area contributed by atoms with E-state index in [2.05, 4.69) is 26.0 Å². The van der Waals surface area contributed by atoms with Gasteiger partial charge in [0.05, 0.1) is 0 Å². The average molecular weight is 234 g/mol. The predicted octanol–water partition coefficient (Wildman–Crippen LogP) is 5.73. The summed E-state index contributed by atoms with van der Waals surface area (Å²) >= 11 is 0. The minimum absolute atomic E-state index is 0.672. The van der Waals surface area contributed by atoms with E-state index in [9.17, 15) is 0 Å². The van der Waals surface area contributed by atoms with Crippen LogP contribution in [-0.2, 0) is 0 Å². The van der Waals surface area contributed by atoms with E-state index in [0.717, 1.165) is 11.8 Å². The molecular weight excluding hydrogens is 204 g/mol. The van der Waals surface area contributed by atoms with E-state index >= 15 is 0 Å². The van der Waals surface area contributed by atoms with Gasteiger partial charge in [-0.3, -0.25) is 0 Å². The smallest absolute Gasteiger partial charge is 0.0243 e. The first-order valence-corrected chi connectivity index (χ1v) is 7.98. The Hall–Kier alpha value is -0.260. The van der Waals surface area contributed by atoms with Crippen molar-refractivity contribution in [1.29, 1.82) is 0 Å². The summed E-state index contributed by atoms with van der Waals surface area (Å²) in [6, 6.07) is 0. The minimum atomic E-state index is 0.672. The van der Waals surface area contributed by atoms with Gasteiger partial charge in [-0.1, -0.05) is 45.3 Å². The third-order valence-corrected chi connectivity index (χ3v) is 5.82. The van der Waals surface area contributed by atoms with Gasteiger partial charge in [-0.25, -0.2) is 0 Å². The molecule has 1 atom stereocenters. The minimum Gasteiger partial charge on any atom is -0.0885 e. The van der Waals surface area contributed by atoms with Crippen LogP contribution in [0.25, 0.3) is 0 Å². The number of rotatable bonds is 4. The van der Waals surface area contributed by atoms with Crippen LogP contribution in [0.15, 0.2) is 12.2 Å². The second kappa shape index (κ2) is 6.07. The van der Waals surface area contributed by atoms with Gasteiger partial charge >= 0.3 is 0 Å². The summed E-state index contributed by atoms with van der Waals surface area (Å²) in [5, 5.41) is 0. The summed E-state index contributed by atoms with van der Waals surface area (Å²) in [7, 11) is 0. The fourth-order valence-corrected chi connectivity index (χ4v) is 4.73. The highest BCUT2D eigenvalue weighted by Gasteiger charge is 2.41. The second-order valence-electron chi connectivity index (χ2n) is 6.26. The van der Waals surface area contributed by atoms with Gasteiger partial charge in [0, 0.05) is 0 Å². The molecule has 0 aliphatic heterocycles. The van der Waals surface area contributed by atoms with Crippen LogP contribution in [0.1, 0.15) is 78.1 Å². The van der Waals surface area contributed by atoms with E-state index in [1.54, 1.807) is 0 Å². The molecule has 0 spiro atoms. The van der Waals surface area contributed by atoms with Gasteiger partial charge in [0.25, 0.3) is 0 Å². The van der Waals surface area contributed by atoms with E-state index in [-0.39, 0.29) is 0 Å². The molecule has 0 aromatic carbocycles. The maximum Gasteiger partial charge on any atom is -0.0243 e. The standard InChI is InChI=1S/C17H30/c1-3-17(4-2,15-11-7-5-8-12-15)16-13-9-6-10-14-16/h5,7,15-16H,3-4,6,8-14H2,1-2H3. The lowest BCUT2D eigenvalue weighted by molar-refractivity contribution is 0.0281. The van der Waals surface area contributed by atoms with Crippen molar-refractivity contribution >= 4 is 0 Å². The molecule has 0 saturated heterocycles. The lowest BCUT2D eigenvalue weighted by Gasteiger charge is -2.48. The summed E-state index contributed by atoms with van der Waals surface area (Å²) in [6.45, 7) is 4.91. The first kappa shape index (κ1) is 13.2. The van der Waals surface area contributed by atoms with E-state index in [1.807, 2.05) is 0 Å². The molecule has 2 aliphatic carbocycles. The average Bonchev–Trinajstić information content (AvgIpc) is 2.43. The second-order valence-corrected chi connectivity index (χ2v) is 6.26. The van der Waals surface area contributed by atoms with Crippen LogP contribution >= 0.6 is 0 Å². The van der Waals surface area contributed by atoms with Crippen molar-refractivity contribution in [2.45, 2.75) is 78.1 Å². The molecule has 1 saturated carbocycles. The van der Waals surface area contributed by atoms with E-state index in [1.165, 1.54) is 64.2 Å². The summed E-state index contributed by atoms with van der Waals surface area (Å²) in [6.07, 6.45) is 19.3. The van der Waals surface area contributed by atoms with Crippen molar-refractivity contribution in [1.82, 2.24) is 0 Å². The molecule has 0 aromatic rings. The van der Waals surface area contributed by atoms with Gasteiger partial charge in [0.2, 0.25) is 0 Å². The summed E-state index contributed by atoms with van der Waals surface area (Å²) < 4.78 is 0. The van der Waals surface area contributed by atoms with Gasteiger partial charge < -0.3 is 0 Å². The Kier molecular flexibility index (Phi) is 4.70. The normalized spacial score (nSPS) is 27.3. The fraction of sp³-hybridized carbons (Fsp3) is 0.882. The lowest BCUT2D eigenvalue weighted by Crippen LogP contribution is -2.38. The van der Waals surface area contributed by atoms with Crippen LogP contribution < -0.4 is 0 Å². The summed E-state index contributed by atoms with van der Waals surface area (Å²) in [5.74, 6) is 2.01. The van der Waals surface area contributed by atoms with Crippen LogP contribution in [0, 0.1) is 17.3 Å². The highest BCUT2D eigenvalue weighted by atomic mass is 14.5. The molecule has 0 N–H and O–H groups in total. The predicted molar refractivity (Wildman–Crippen MR) is 76.1 cm³/mol. The Bertz CT molecular complexity index is 241. The van der Waals surface area contributed by atoms with E-state index < -0.39 is 0 Å². The van der Waals surface area contributed by atoms with Crippen LogP contribution in [0.5, 0.6) is 0 Å². The van der Waals surface area contributed by atoms with Gasteiger partial charge in [-0.2, -0.15) is 0 Å². The monoisotopic (exact) mass is 234 g/mol. The molecule has 0 amide bonds. The first-order chi connectivity index (χ1) is 8.33. The molecule has 1 unspecified atom stereocenters. The van der Waals surface area contributed by atoms with Crippen LogP contribution in [-0.4, -0.2) is 0 Å². The van der Waals surface area contributed by atoms with Gasteiger partial charge in [0.15, 0.2) is 0 Å². The topological polar surface area (TPSA) is 0 Å². The number of hydrogen-bond acceptors (Lipinski definition) is 0. The zero-order valence-corrected chi connectivity index (χ0v) is 11.9. The van der Waals surface area contributed by atoms with Gasteiger partial charge in [-0.15, -0.1) is 0 Å². The molecule has 17 heavy (non-hydrogen) atoms. The largest absolute Gasteiger partial charge is 0.0885 e. The molecule has 0 heterocycles. The molecule has 0 bridgehead atoms. The van der Waals surface area contributed by atoms with Crippen LogP contribution in [0.2, 0.25) is 0 Å². The highest BCUT2D eigenvalue weighted by Crippen LogP contribution is 2.52. The summed E-state index contributed by atoms with van der Waals surface area (Å²) in [4.78, 5) is 0. The Labute approximate surface area is 108 Å². The lowest BCUT2D eigenvalue weighted by atomic mass is 9.57. The number of allylic oxidation sites excluding steroid dienone is 2. The Morgan fingerprint density at radius 1 is 0.882 bits per heavy atom. The van der Waals surface area contributed by atoms with Crippen molar-refractivity contribution < 1.29 is 0 Å². The fourth-order valence-electron chi connectivity index (χ4n) is 4.73. The Morgan fingerprint density at radius 2 is 1.59 bits per heavy atom. The third-order valence-electron chi connectivity index (χ3n) is 5.82. The zero-order chi connectivity index (χ0) is 12.1. The van der Waals surface area contributed by atoms with Crippen LogP contribution in [0.4, 0.5) is 0 Å². The highest BCUT2D eigenvalue weighted by molar-refractivity contribution is 4.99. The zero-order valence-electron chi connectivity index (χ0n) is 11.9. The molecule has 0 heteroatoms. The SMILES string of the molecule is CCC(CC)(C1CC=CCC1)C1CCCCC1. The van der Waals surface area contributed by atoms with Crippen molar-refractivity contribution in [2.75, 3.05) is 0 Å². The van der Waals surface area contributed by atoms with Crippen molar-refractivity contribution in [3.05, 3.63) is 12.2 Å². The maximum absolute atomic E-state index is 2.46. The third kappa shape index (κ3) is 2.61. The molecule has 0 radical (unpaired) electrons. The van der Waals surface area contributed by atoms with Crippen molar-refractivity contribution in [3.8, 4) is 0 Å². The van der Waals surface area contributed by atoms with Crippen molar-refractivity contribution in [2.24, 2.45) is 17.3 Å². The first-order valence-electron chi connectivity index (χ1n) is 7.98. The molecular formula is C17H30. The Balaban J connectivity index is 2.14. The quantitative estimate of drug-likeness (QED) is 0.545. The van der Waals surface area contributed by atoms with E-state index in [4.69, 9.17) is 0 Å². The van der Waals surface area contributed by atoms with Gasteiger partial charge in [-0.05, 0) is 62.2 Å². The Morgan fingerprint density at radius 3 is 2.12 bits per heavy atom. The van der Waals surface area contributed by atoms with E-state index in [0.29, 0.717) is 5.41 Å². The number of hydrogen-bond donors (Lipinski definition) is 0. The molecule has 2 rings (SSSR count). The molecule has 98 valence electrons. The summed E-state index contributed by atoms with van der Waals surface area (Å²) in [5.41, 5.74) is 0.672. The molecule has 1 fully saturated rings.